The van der Waals surface area contributed by atoms with Crippen molar-refractivity contribution in [2.75, 3.05) is 40.9 Å². The van der Waals surface area contributed by atoms with Crippen LogP contribution in [-0.4, -0.2) is 68.5 Å². The maximum Gasteiger partial charge on any atom is 0.268 e. The number of phosphoric acid groups is 1. The molecule has 0 aliphatic heterocycles. The van der Waals surface area contributed by atoms with E-state index in [4.69, 9.17) is 9.05 Å². The predicted molar refractivity (Wildman–Crippen MR) is 288 cm³/mol. The van der Waals surface area contributed by atoms with Crippen LogP contribution in [-0.2, 0) is 18.4 Å². The Kier molecular flexibility index (Phi) is 47.4. The van der Waals surface area contributed by atoms with E-state index in [9.17, 15) is 19.4 Å². The second-order valence-electron chi connectivity index (χ2n) is 19.9. The van der Waals surface area contributed by atoms with E-state index in [0.29, 0.717) is 17.4 Å². The average Bonchev–Trinajstić information content (AvgIpc) is 3.29. The summed E-state index contributed by atoms with van der Waals surface area (Å²) in [4.78, 5) is 25.5. The maximum absolute atomic E-state index is 12.9. The van der Waals surface area contributed by atoms with Gasteiger partial charge in [-0.1, -0.05) is 234 Å². The Labute approximate surface area is 414 Å². The standard InChI is InChI=1S/C58H107N2O6P/c1-6-8-10-12-14-16-18-20-22-24-25-26-27-28-29-30-31-32-33-34-35-36-38-40-42-44-46-48-50-52-58(62)59-56(55-66-67(63,64)65-54-53-60(3,4)5)57(61)51-49-47-45-43-41-39-37-23-21-19-17-15-13-11-9-7-2/h8,10,14,16,20,22,25-26,41,43,49,51,56-57,61H,6-7,9,11-13,15,17-19,21,23-24,27-40,42,44-48,50,52-55H2,1-5H3,(H-,59,62,63,64)/b10-8-,16-14-,22-20-,26-25-,43-41+,51-49+. The number of hydrogen-bond donors (Lipinski definition) is 2. The van der Waals surface area contributed by atoms with Crippen LogP contribution in [0.5, 0.6) is 0 Å². The molecule has 0 spiro atoms. The number of carbonyl (C=O) groups is 1. The molecule has 0 bridgehead atoms. The predicted octanol–water partition coefficient (Wildman–Crippen LogP) is 16.1. The molecule has 1 amide bonds. The number of phosphoric ester groups is 1. The van der Waals surface area contributed by atoms with Crippen molar-refractivity contribution < 1.29 is 32.9 Å². The lowest BCUT2D eigenvalue weighted by Gasteiger charge is -2.29. The quantitative estimate of drug-likeness (QED) is 0.0272. The normalized spacial score (nSPS) is 14.6. The molecule has 0 heterocycles. The van der Waals surface area contributed by atoms with Gasteiger partial charge in [0.2, 0.25) is 5.91 Å². The molecular formula is C58H107N2O6P. The zero-order valence-corrected chi connectivity index (χ0v) is 45.2. The van der Waals surface area contributed by atoms with Crippen LogP contribution in [0.3, 0.4) is 0 Å². The molecule has 9 heteroatoms. The first-order chi connectivity index (χ1) is 32.5. The van der Waals surface area contributed by atoms with E-state index in [-0.39, 0.29) is 12.5 Å². The van der Waals surface area contributed by atoms with E-state index in [1.54, 1.807) is 6.08 Å². The molecule has 0 aromatic carbocycles. The molecule has 2 N–H and O–H groups in total. The van der Waals surface area contributed by atoms with Crippen molar-refractivity contribution in [3.05, 3.63) is 72.9 Å². The van der Waals surface area contributed by atoms with Gasteiger partial charge < -0.3 is 28.8 Å². The molecule has 8 nitrogen and oxygen atoms in total. The SMILES string of the molecule is CC/C=C\C/C=C\C/C=C\C/C=C\CCCCCCCCCCCCCCCCCCC(=O)NC(COP(=O)([O-])OCC[N+](C)(C)C)C(O)/C=C/CC/C=C/CCCCCCCCCCCC. The first-order valence-corrected chi connectivity index (χ1v) is 29.3. The van der Waals surface area contributed by atoms with Crippen LogP contribution in [0.1, 0.15) is 239 Å². The van der Waals surface area contributed by atoms with Gasteiger partial charge >= 0.3 is 0 Å². The third-order valence-electron chi connectivity index (χ3n) is 12.2. The van der Waals surface area contributed by atoms with E-state index < -0.39 is 26.6 Å². The Morgan fingerprint density at radius 2 is 0.925 bits per heavy atom. The lowest BCUT2D eigenvalue weighted by atomic mass is 10.0. The molecule has 3 atom stereocenters. The van der Waals surface area contributed by atoms with Gasteiger partial charge in [-0.25, -0.2) is 0 Å². The number of allylic oxidation sites excluding steroid dienone is 11. The number of unbranched alkanes of at least 4 members (excludes halogenated alkanes) is 27. The smallest absolute Gasteiger partial charge is 0.268 e. The Bertz CT molecular complexity index is 1320. The number of aliphatic hydroxyl groups excluding tert-OH is 1. The summed E-state index contributed by atoms with van der Waals surface area (Å²) in [6.07, 6.45) is 66.9. The van der Waals surface area contributed by atoms with Gasteiger partial charge in [0.25, 0.3) is 7.82 Å². The van der Waals surface area contributed by atoms with Crippen molar-refractivity contribution in [2.45, 2.75) is 251 Å². The van der Waals surface area contributed by atoms with Crippen molar-refractivity contribution in [1.82, 2.24) is 5.32 Å². The van der Waals surface area contributed by atoms with Crippen LogP contribution in [0.4, 0.5) is 0 Å². The number of nitrogens with zero attached hydrogens (tertiary/aromatic N) is 1. The molecule has 67 heavy (non-hydrogen) atoms. The zero-order valence-electron chi connectivity index (χ0n) is 44.3. The fourth-order valence-electron chi connectivity index (χ4n) is 7.81. The number of carbonyl (C=O) groups excluding carboxylic acids is 1. The number of amides is 1. The highest BCUT2D eigenvalue weighted by atomic mass is 31.2. The number of hydrogen-bond acceptors (Lipinski definition) is 6. The number of likely N-dealkylation sites (N-methyl/N-ethyl adjacent to an activating group) is 1. The van der Waals surface area contributed by atoms with Crippen molar-refractivity contribution >= 4 is 13.7 Å². The molecule has 3 unspecified atom stereocenters. The molecule has 0 aromatic rings. The highest BCUT2D eigenvalue weighted by molar-refractivity contribution is 7.45. The Hall–Kier alpha value is -2.06. The molecule has 0 fully saturated rings. The molecule has 0 rings (SSSR count). The van der Waals surface area contributed by atoms with Crippen molar-refractivity contribution in [3.8, 4) is 0 Å². The van der Waals surface area contributed by atoms with Crippen molar-refractivity contribution in [1.29, 1.82) is 0 Å². The molecule has 0 aliphatic rings. The number of nitrogens with one attached hydrogen (secondary N) is 1. The highest BCUT2D eigenvalue weighted by Gasteiger charge is 2.23. The zero-order chi connectivity index (χ0) is 49.2. The number of quaternary nitrogens is 1. The van der Waals surface area contributed by atoms with Crippen LogP contribution in [0.2, 0.25) is 0 Å². The van der Waals surface area contributed by atoms with Crippen molar-refractivity contribution in [2.24, 2.45) is 0 Å². The molecular weight excluding hydrogens is 852 g/mol. The summed E-state index contributed by atoms with van der Waals surface area (Å²) in [6.45, 7) is 4.52. The highest BCUT2D eigenvalue weighted by Crippen LogP contribution is 2.38. The van der Waals surface area contributed by atoms with Gasteiger partial charge in [0.15, 0.2) is 0 Å². The molecule has 390 valence electrons. The van der Waals surface area contributed by atoms with E-state index in [0.717, 1.165) is 64.2 Å². The Morgan fingerprint density at radius 1 is 0.537 bits per heavy atom. The lowest BCUT2D eigenvalue weighted by Crippen LogP contribution is -2.45. The minimum Gasteiger partial charge on any atom is -0.756 e. The third-order valence-corrected chi connectivity index (χ3v) is 13.1. The second kappa shape index (κ2) is 48.9. The molecule has 0 aromatic heterocycles. The van der Waals surface area contributed by atoms with Gasteiger partial charge in [0.1, 0.15) is 13.2 Å². The average molecular weight is 959 g/mol. The molecule has 0 saturated carbocycles. The Balaban J connectivity index is 4.18. The Morgan fingerprint density at radius 3 is 1.39 bits per heavy atom. The van der Waals surface area contributed by atoms with E-state index in [1.165, 1.54) is 154 Å². The summed E-state index contributed by atoms with van der Waals surface area (Å²) >= 11 is 0. The number of aliphatic hydroxyl groups is 1. The second-order valence-corrected chi connectivity index (χ2v) is 21.3. The third kappa shape index (κ3) is 51.6. The fraction of sp³-hybridized carbons (Fsp3) is 0.776. The monoisotopic (exact) mass is 959 g/mol. The van der Waals surface area contributed by atoms with E-state index >= 15 is 0 Å². The summed E-state index contributed by atoms with van der Waals surface area (Å²) in [5, 5.41) is 13.8. The van der Waals surface area contributed by atoms with Gasteiger partial charge in [0.05, 0.1) is 39.9 Å². The molecule has 0 aliphatic carbocycles. The van der Waals surface area contributed by atoms with Crippen LogP contribution in [0.25, 0.3) is 0 Å². The summed E-state index contributed by atoms with van der Waals surface area (Å²) < 4.78 is 23.3. The van der Waals surface area contributed by atoms with Gasteiger partial charge in [-0.3, -0.25) is 9.36 Å². The lowest BCUT2D eigenvalue weighted by molar-refractivity contribution is -0.870. The van der Waals surface area contributed by atoms with Gasteiger partial charge in [-0.15, -0.1) is 0 Å². The van der Waals surface area contributed by atoms with Crippen molar-refractivity contribution in [3.63, 3.8) is 0 Å². The van der Waals surface area contributed by atoms with Crippen LogP contribution < -0.4 is 10.2 Å². The minimum atomic E-state index is -4.60. The van der Waals surface area contributed by atoms with Crippen LogP contribution in [0.15, 0.2) is 72.9 Å². The summed E-state index contributed by atoms with van der Waals surface area (Å²) in [5.41, 5.74) is 0. The maximum atomic E-state index is 12.9. The van der Waals surface area contributed by atoms with E-state index in [2.05, 4.69) is 79.9 Å². The summed E-state index contributed by atoms with van der Waals surface area (Å²) in [7, 11) is 1.24. The number of rotatable bonds is 50. The first kappa shape index (κ1) is 64.9. The molecule has 0 radical (unpaired) electrons. The van der Waals surface area contributed by atoms with Gasteiger partial charge in [0, 0.05) is 6.42 Å². The van der Waals surface area contributed by atoms with Crippen LogP contribution in [0, 0.1) is 0 Å². The summed E-state index contributed by atoms with van der Waals surface area (Å²) in [6, 6.07) is -0.905. The van der Waals surface area contributed by atoms with Crippen LogP contribution >= 0.6 is 7.82 Å². The topological polar surface area (TPSA) is 108 Å². The van der Waals surface area contributed by atoms with Gasteiger partial charge in [-0.2, -0.15) is 0 Å². The summed E-state index contributed by atoms with van der Waals surface area (Å²) in [5.74, 6) is -0.208. The fourth-order valence-corrected chi connectivity index (χ4v) is 8.53. The van der Waals surface area contributed by atoms with Gasteiger partial charge in [-0.05, 0) is 70.6 Å². The first-order valence-electron chi connectivity index (χ1n) is 27.8. The van der Waals surface area contributed by atoms with E-state index in [1.807, 2.05) is 27.2 Å². The largest absolute Gasteiger partial charge is 0.756 e. The minimum absolute atomic E-state index is 0.00787. The molecule has 0 saturated heterocycles.